The number of rotatable bonds is 2. The number of alkyl halides is 2. The number of imide groups is 2. The van der Waals surface area contributed by atoms with Crippen LogP contribution in [0.2, 0.25) is 10.0 Å². The third-order valence-corrected chi connectivity index (χ3v) is 10.8. The molecule has 0 aromatic heterocycles. The largest absolute Gasteiger partial charge is 0.508 e. The Balaban J connectivity index is 1.53. The summed E-state index contributed by atoms with van der Waals surface area (Å²) >= 11 is 26.8. The maximum Gasteiger partial charge on any atom is 0.253 e. The van der Waals surface area contributed by atoms with Crippen LogP contribution in [-0.2, 0) is 19.2 Å². The number of aryl methyl sites for hydroxylation is 1. The molecule has 39 heavy (non-hydrogen) atoms. The van der Waals surface area contributed by atoms with Gasteiger partial charge >= 0.3 is 0 Å². The van der Waals surface area contributed by atoms with Crippen molar-refractivity contribution in [1.29, 1.82) is 0 Å². The highest BCUT2D eigenvalue weighted by Gasteiger charge is 2.76. The molecule has 4 amide bonds. The lowest BCUT2D eigenvalue weighted by Gasteiger charge is -2.50. The minimum atomic E-state index is -1.99. The van der Waals surface area contributed by atoms with Crippen LogP contribution >= 0.6 is 46.4 Å². The second kappa shape index (κ2) is 8.71. The van der Waals surface area contributed by atoms with Crippen LogP contribution < -0.4 is 4.90 Å². The van der Waals surface area contributed by atoms with Crippen molar-refractivity contribution >= 4 is 75.7 Å². The molecule has 2 saturated heterocycles. The van der Waals surface area contributed by atoms with Gasteiger partial charge in [-0.2, -0.15) is 0 Å². The number of anilines is 1. The number of likely N-dealkylation sites (tertiary alicyclic amines) is 1. The molecule has 6 rings (SSSR count). The Morgan fingerprint density at radius 1 is 0.949 bits per heavy atom. The average molecular weight is 608 g/mol. The Kier molecular flexibility index (Phi) is 5.95. The standard InChI is InChI=1S/C28H22Cl4N2O5/c1-12-3-5-14(10-19(12)30)34-23(36)16-7-6-15-18(21(16)24(34)37)11-27(31)25(38)33(2)26(39)28(27,32)22(15)17-9-13(29)4-8-20(17)35/h3-6,8-10,16,18,21-22,35H,7,11H2,1-2H3/t16-,18+,21-,22+,27+,28-/m0/s1. The van der Waals surface area contributed by atoms with Gasteiger partial charge in [0.1, 0.15) is 5.75 Å². The third kappa shape index (κ3) is 3.37. The van der Waals surface area contributed by atoms with Gasteiger partial charge in [-0.25, -0.2) is 4.90 Å². The quantitative estimate of drug-likeness (QED) is 0.288. The molecule has 4 aliphatic rings. The summed E-state index contributed by atoms with van der Waals surface area (Å²) in [6, 6.07) is 9.32. The Bertz CT molecular complexity index is 1540. The predicted molar refractivity (Wildman–Crippen MR) is 147 cm³/mol. The Morgan fingerprint density at radius 3 is 2.36 bits per heavy atom. The number of carbonyl (C=O) groups is 4. The van der Waals surface area contributed by atoms with Crippen LogP contribution in [0.4, 0.5) is 5.69 Å². The molecule has 3 fully saturated rings. The number of aromatic hydroxyl groups is 1. The van der Waals surface area contributed by atoms with E-state index in [0.29, 0.717) is 16.3 Å². The zero-order chi connectivity index (χ0) is 28.2. The van der Waals surface area contributed by atoms with E-state index >= 15 is 0 Å². The van der Waals surface area contributed by atoms with Crippen molar-refractivity contribution in [1.82, 2.24) is 4.90 Å². The summed E-state index contributed by atoms with van der Waals surface area (Å²) in [6.45, 7) is 1.82. The number of hydrogen-bond acceptors (Lipinski definition) is 5. The SMILES string of the molecule is Cc1ccc(N2C(=O)[C@H]3[C@H](CC=C4[C@H]3C[C@@]3(Cl)C(=O)N(C)C(=O)[C@@]3(Cl)[C@H]4c3cc(Cl)ccc3O)C2=O)cc1Cl. The first kappa shape index (κ1) is 26.6. The first-order valence-corrected chi connectivity index (χ1v) is 13.9. The van der Waals surface area contributed by atoms with Gasteiger partial charge in [0.15, 0.2) is 9.75 Å². The number of amides is 4. The second-order valence-corrected chi connectivity index (χ2v) is 12.7. The van der Waals surface area contributed by atoms with Gasteiger partial charge in [-0.3, -0.25) is 24.1 Å². The van der Waals surface area contributed by atoms with Crippen LogP contribution in [0, 0.1) is 24.7 Å². The molecule has 2 aromatic carbocycles. The Labute approximate surface area is 244 Å². The molecule has 2 heterocycles. The molecule has 0 radical (unpaired) electrons. The normalized spacial score (nSPS) is 33.7. The number of fused-ring (bicyclic) bond motifs is 4. The van der Waals surface area contributed by atoms with Crippen molar-refractivity contribution < 1.29 is 24.3 Å². The summed E-state index contributed by atoms with van der Waals surface area (Å²) in [6.07, 6.45) is 1.86. The fourth-order valence-corrected chi connectivity index (χ4v) is 8.19. The molecule has 0 bridgehead atoms. The lowest BCUT2D eigenvalue weighted by Crippen LogP contribution is -2.60. The highest BCUT2D eigenvalue weighted by molar-refractivity contribution is 6.53. The molecule has 7 nitrogen and oxygen atoms in total. The number of phenols is 1. The molecule has 0 spiro atoms. The number of hydrogen-bond donors (Lipinski definition) is 1. The Hall–Kier alpha value is -2.58. The summed E-state index contributed by atoms with van der Waals surface area (Å²) < 4.78 is 0. The highest BCUT2D eigenvalue weighted by Crippen LogP contribution is 2.66. The van der Waals surface area contributed by atoms with Gasteiger partial charge < -0.3 is 5.11 Å². The summed E-state index contributed by atoms with van der Waals surface area (Å²) in [5.41, 5.74) is 1.94. The summed E-state index contributed by atoms with van der Waals surface area (Å²) in [5, 5.41) is 11.6. The Morgan fingerprint density at radius 2 is 1.67 bits per heavy atom. The van der Waals surface area contributed by atoms with Crippen molar-refractivity contribution in [3.63, 3.8) is 0 Å². The summed E-state index contributed by atoms with van der Waals surface area (Å²) in [7, 11) is 1.31. The van der Waals surface area contributed by atoms with Gasteiger partial charge in [0.2, 0.25) is 11.8 Å². The lowest BCUT2D eigenvalue weighted by molar-refractivity contribution is -0.138. The molecule has 2 aliphatic carbocycles. The van der Waals surface area contributed by atoms with Gasteiger partial charge in [0.25, 0.3) is 11.8 Å². The first-order valence-electron chi connectivity index (χ1n) is 12.4. The molecule has 1 N–H and O–H groups in total. The van der Waals surface area contributed by atoms with Gasteiger partial charge in [-0.1, -0.05) is 40.9 Å². The number of carbonyl (C=O) groups excluding carboxylic acids is 4. The van der Waals surface area contributed by atoms with Gasteiger partial charge in [0, 0.05) is 28.6 Å². The van der Waals surface area contributed by atoms with Gasteiger partial charge in [0.05, 0.1) is 17.5 Å². The second-order valence-electron chi connectivity index (χ2n) is 10.6. The molecule has 11 heteroatoms. The number of benzene rings is 2. The molecule has 2 aromatic rings. The predicted octanol–water partition coefficient (Wildman–Crippen LogP) is 5.20. The fourth-order valence-electron chi connectivity index (χ4n) is 6.82. The zero-order valence-electron chi connectivity index (χ0n) is 20.8. The van der Waals surface area contributed by atoms with Gasteiger partial charge in [-0.05, 0) is 61.6 Å². The lowest BCUT2D eigenvalue weighted by atomic mass is 9.56. The number of halogens is 4. The number of nitrogens with zero attached hydrogens (tertiary/aromatic N) is 2. The summed E-state index contributed by atoms with van der Waals surface area (Å²) in [4.78, 5) is 52.7. The monoisotopic (exact) mass is 606 g/mol. The maximum absolute atomic E-state index is 14.0. The van der Waals surface area contributed by atoms with E-state index in [1.165, 1.54) is 25.2 Å². The van der Waals surface area contributed by atoms with Crippen molar-refractivity contribution in [3.05, 3.63) is 69.2 Å². The van der Waals surface area contributed by atoms with Crippen molar-refractivity contribution in [2.75, 3.05) is 11.9 Å². The fraction of sp³-hybridized carbons (Fsp3) is 0.357. The van der Waals surface area contributed by atoms with E-state index in [0.717, 1.165) is 15.4 Å². The molecular weight excluding hydrogens is 586 g/mol. The van der Waals surface area contributed by atoms with Crippen LogP contribution in [0.5, 0.6) is 5.75 Å². The third-order valence-electron chi connectivity index (χ3n) is 8.73. The topological polar surface area (TPSA) is 95.0 Å². The van der Waals surface area contributed by atoms with Gasteiger partial charge in [-0.15, -0.1) is 23.2 Å². The molecule has 6 atom stereocenters. The minimum absolute atomic E-state index is 0.140. The average Bonchev–Trinajstić information content (AvgIpc) is 3.22. The zero-order valence-corrected chi connectivity index (χ0v) is 23.8. The molecular formula is C28H22Cl4N2O5. The van der Waals surface area contributed by atoms with E-state index in [-0.39, 0.29) is 35.1 Å². The molecule has 1 saturated carbocycles. The van der Waals surface area contributed by atoms with E-state index in [2.05, 4.69) is 0 Å². The minimum Gasteiger partial charge on any atom is -0.508 e. The van der Waals surface area contributed by atoms with E-state index in [1.54, 1.807) is 24.3 Å². The van der Waals surface area contributed by atoms with Crippen LogP contribution in [0.15, 0.2) is 48.0 Å². The number of allylic oxidation sites excluding steroid dienone is 2. The molecule has 0 unspecified atom stereocenters. The van der Waals surface area contributed by atoms with Crippen LogP contribution in [-0.4, -0.2) is 50.4 Å². The van der Waals surface area contributed by atoms with Crippen LogP contribution in [0.25, 0.3) is 0 Å². The van der Waals surface area contributed by atoms with E-state index in [9.17, 15) is 24.3 Å². The smallest absolute Gasteiger partial charge is 0.253 e. The molecule has 2 aliphatic heterocycles. The number of phenolic OH excluding ortho intramolecular Hbond substituents is 1. The summed E-state index contributed by atoms with van der Waals surface area (Å²) in [5.74, 6) is -5.76. The van der Waals surface area contributed by atoms with Crippen LogP contribution in [0.1, 0.15) is 29.9 Å². The van der Waals surface area contributed by atoms with E-state index in [4.69, 9.17) is 46.4 Å². The first-order chi connectivity index (χ1) is 18.3. The van der Waals surface area contributed by atoms with Crippen molar-refractivity contribution in [3.8, 4) is 5.75 Å². The van der Waals surface area contributed by atoms with E-state index in [1.807, 2.05) is 6.92 Å². The maximum atomic E-state index is 14.0. The highest BCUT2D eigenvalue weighted by atomic mass is 35.5. The molecule has 202 valence electrons. The van der Waals surface area contributed by atoms with Crippen molar-refractivity contribution in [2.45, 2.75) is 35.4 Å². The van der Waals surface area contributed by atoms with Crippen LogP contribution in [0.3, 0.4) is 0 Å². The van der Waals surface area contributed by atoms with E-state index < -0.39 is 51.1 Å². The van der Waals surface area contributed by atoms with Crippen molar-refractivity contribution in [2.24, 2.45) is 17.8 Å².